The lowest BCUT2D eigenvalue weighted by Gasteiger charge is -2.36. The van der Waals surface area contributed by atoms with Gasteiger partial charge < -0.3 is 4.90 Å². The molecule has 0 aromatic heterocycles. The zero-order chi connectivity index (χ0) is 14.2. The monoisotopic (exact) mass is 265 g/mol. The smallest absolute Gasteiger partial charge is 0.148 e. The summed E-state index contributed by atoms with van der Waals surface area (Å²) in [6.07, 6.45) is 4.00. The van der Waals surface area contributed by atoms with Gasteiger partial charge in [0.05, 0.1) is 0 Å². The Kier molecular flexibility index (Phi) is 3.09. The SMILES string of the molecule is CC1(C)CCN(c2cccc3ccccc23)C=C1C=O. The Morgan fingerprint density at radius 1 is 1.10 bits per heavy atom. The molecule has 1 aliphatic heterocycles. The first kappa shape index (κ1) is 12.9. The van der Waals surface area contributed by atoms with Crippen molar-refractivity contribution in [1.29, 1.82) is 0 Å². The Bertz CT molecular complexity index is 679. The van der Waals surface area contributed by atoms with Crippen molar-refractivity contribution in [1.82, 2.24) is 0 Å². The largest absolute Gasteiger partial charge is 0.347 e. The highest BCUT2D eigenvalue weighted by atomic mass is 16.1. The van der Waals surface area contributed by atoms with Crippen molar-refractivity contribution in [3.8, 4) is 0 Å². The average molecular weight is 265 g/mol. The highest BCUT2D eigenvalue weighted by Crippen LogP contribution is 2.36. The molecule has 0 amide bonds. The number of anilines is 1. The van der Waals surface area contributed by atoms with Crippen molar-refractivity contribution in [2.45, 2.75) is 20.3 Å². The molecule has 102 valence electrons. The lowest BCUT2D eigenvalue weighted by Crippen LogP contribution is -2.32. The fourth-order valence-electron chi connectivity index (χ4n) is 2.79. The highest BCUT2D eigenvalue weighted by molar-refractivity contribution is 5.95. The molecule has 0 saturated carbocycles. The first-order valence-corrected chi connectivity index (χ1v) is 7.04. The maximum Gasteiger partial charge on any atom is 0.148 e. The minimum atomic E-state index is -0.0250. The molecule has 0 radical (unpaired) electrons. The number of nitrogens with zero attached hydrogens (tertiary/aromatic N) is 1. The van der Waals surface area contributed by atoms with E-state index in [1.165, 1.54) is 16.5 Å². The number of rotatable bonds is 2. The summed E-state index contributed by atoms with van der Waals surface area (Å²) in [5.41, 5.74) is 2.03. The zero-order valence-electron chi connectivity index (χ0n) is 12.0. The maximum absolute atomic E-state index is 11.3. The van der Waals surface area contributed by atoms with E-state index in [1.54, 1.807) is 0 Å². The van der Waals surface area contributed by atoms with Gasteiger partial charge >= 0.3 is 0 Å². The lowest BCUT2D eigenvalue weighted by molar-refractivity contribution is -0.105. The van der Waals surface area contributed by atoms with Gasteiger partial charge in [-0.2, -0.15) is 0 Å². The van der Waals surface area contributed by atoms with Crippen molar-refractivity contribution in [3.63, 3.8) is 0 Å². The van der Waals surface area contributed by atoms with Gasteiger partial charge in [0.15, 0.2) is 0 Å². The van der Waals surface area contributed by atoms with Crippen LogP contribution in [0.3, 0.4) is 0 Å². The molecule has 3 rings (SSSR count). The van der Waals surface area contributed by atoms with Gasteiger partial charge in [-0.3, -0.25) is 4.79 Å². The second kappa shape index (κ2) is 4.78. The normalized spacial score (nSPS) is 17.9. The third-order valence-electron chi connectivity index (χ3n) is 4.26. The number of hydrogen-bond donors (Lipinski definition) is 0. The van der Waals surface area contributed by atoms with Crippen LogP contribution < -0.4 is 4.90 Å². The first-order valence-electron chi connectivity index (χ1n) is 7.04. The third-order valence-corrected chi connectivity index (χ3v) is 4.26. The minimum Gasteiger partial charge on any atom is -0.347 e. The summed E-state index contributed by atoms with van der Waals surface area (Å²) in [7, 11) is 0. The Labute approximate surface area is 119 Å². The Hall–Kier alpha value is -2.09. The van der Waals surface area contributed by atoms with E-state index >= 15 is 0 Å². The molecule has 0 aliphatic carbocycles. The van der Waals surface area contributed by atoms with Gasteiger partial charge in [0, 0.05) is 29.4 Å². The standard InChI is InChI=1S/C18H19NO/c1-18(2)10-11-19(12-15(18)13-20)17-9-5-7-14-6-3-4-8-16(14)17/h3-9,12-13H,10-11H2,1-2H3. The first-order chi connectivity index (χ1) is 9.62. The Balaban J connectivity index is 2.11. The van der Waals surface area contributed by atoms with Gasteiger partial charge in [0.1, 0.15) is 6.29 Å². The van der Waals surface area contributed by atoms with Crippen LogP contribution in [0.5, 0.6) is 0 Å². The average Bonchev–Trinajstić information content (AvgIpc) is 2.46. The van der Waals surface area contributed by atoms with E-state index in [4.69, 9.17) is 0 Å². The summed E-state index contributed by atoms with van der Waals surface area (Å²) < 4.78 is 0. The molecule has 0 saturated heterocycles. The molecule has 0 unspecified atom stereocenters. The molecule has 0 fully saturated rings. The fraction of sp³-hybridized carbons (Fsp3) is 0.278. The van der Waals surface area contributed by atoms with Gasteiger partial charge in [-0.1, -0.05) is 50.2 Å². The number of aldehydes is 1. The van der Waals surface area contributed by atoms with E-state index < -0.39 is 0 Å². The number of carbonyl (C=O) groups is 1. The molecule has 2 heteroatoms. The van der Waals surface area contributed by atoms with E-state index in [9.17, 15) is 4.79 Å². The van der Waals surface area contributed by atoms with Crippen LogP contribution in [0.1, 0.15) is 20.3 Å². The van der Waals surface area contributed by atoms with E-state index in [0.29, 0.717) is 0 Å². The number of hydrogen-bond acceptors (Lipinski definition) is 2. The Morgan fingerprint density at radius 3 is 2.65 bits per heavy atom. The van der Waals surface area contributed by atoms with Crippen LogP contribution in [0.4, 0.5) is 5.69 Å². The van der Waals surface area contributed by atoms with Crippen molar-refractivity contribution in [2.75, 3.05) is 11.4 Å². The zero-order valence-corrected chi connectivity index (χ0v) is 12.0. The molecular weight excluding hydrogens is 246 g/mol. The van der Waals surface area contributed by atoms with Crippen LogP contribution in [0.25, 0.3) is 10.8 Å². The van der Waals surface area contributed by atoms with E-state index in [2.05, 4.69) is 61.2 Å². The molecule has 1 heterocycles. The fourth-order valence-corrected chi connectivity index (χ4v) is 2.79. The summed E-state index contributed by atoms with van der Waals surface area (Å²) in [5, 5.41) is 2.46. The van der Waals surface area contributed by atoms with Crippen LogP contribution >= 0.6 is 0 Å². The van der Waals surface area contributed by atoms with E-state index in [1.807, 2.05) is 6.20 Å². The van der Waals surface area contributed by atoms with Crippen molar-refractivity contribution < 1.29 is 4.79 Å². The van der Waals surface area contributed by atoms with Gasteiger partial charge in [-0.05, 0) is 23.3 Å². The van der Waals surface area contributed by atoms with Crippen LogP contribution in [-0.4, -0.2) is 12.8 Å². The molecule has 2 aromatic carbocycles. The number of allylic oxidation sites excluding steroid dienone is 1. The summed E-state index contributed by atoms with van der Waals surface area (Å²) in [6.45, 7) is 5.21. The van der Waals surface area contributed by atoms with Crippen LogP contribution in [0.2, 0.25) is 0 Å². The van der Waals surface area contributed by atoms with Gasteiger partial charge in [-0.15, -0.1) is 0 Å². The summed E-state index contributed by atoms with van der Waals surface area (Å²) in [4.78, 5) is 13.5. The predicted molar refractivity (Wildman–Crippen MR) is 83.8 cm³/mol. The highest BCUT2D eigenvalue weighted by Gasteiger charge is 2.28. The quantitative estimate of drug-likeness (QED) is 0.760. The molecule has 1 aliphatic rings. The number of fused-ring (bicyclic) bond motifs is 1. The topological polar surface area (TPSA) is 20.3 Å². The molecule has 2 nitrogen and oxygen atoms in total. The lowest BCUT2D eigenvalue weighted by atomic mass is 9.80. The predicted octanol–water partition coefficient (Wildman–Crippen LogP) is 4.16. The third kappa shape index (κ3) is 2.11. The van der Waals surface area contributed by atoms with Crippen LogP contribution in [0, 0.1) is 5.41 Å². The second-order valence-corrected chi connectivity index (χ2v) is 6.03. The molecule has 0 atom stereocenters. The molecule has 2 aromatic rings. The molecule has 0 N–H and O–H groups in total. The molecular formula is C18H19NO. The van der Waals surface area contributed by atoms with Gasteiger partial charge in [0.25, 0.3) is 0 Å². The molecule has 20 heavy (non-hydrogen) atoms. The van der Waals surface area contributed by atoms with E-state index in [-0.39, 0.29) is 5.41 Å². The van der Waals surface area contributed by atoms with Gasteiger partial charge in [-0.25, -0.2) is 0 Å². The van der Waals surface area contributed by atoms with Crippen molar-refractivity contribution >= 4 is 22.7 Å². The number of carbonyl (C=O) groups excluding carboxylic acids is 1. The Morgan fingerprint density at radius 2 is 1.85 bits per heavy atom. The van der Waals surface area contributed by atoms with Crippen molar-refractivity contribution in [3.05, 3.63) is 54.2 Å². The summed E-state index contributed by atoms with van der Waals surface area (Å²) in [5.74, 6) is 0. The van der Waals surface area contributed by atoms with Crippen LogP contribution in [0.15, 0.2) is 54.2 Å². The second-order valence-electron chi connectivity index (χ2n) is 6.03. The molecule has 0 bridgehead atoms. The van der Waals surface area contributed by atoms with Gasteiger partial charge in [0.2, 0.25) is 0 Å². The summed E-state index contributed by atoms with van der Waals surface area (Å²) >= 11 is 0. The van der Waals surface area contributed by atoms with E-state index in [0.717, 1.165) is 24.8 Å². The minimum absolute atomic E-state index is 0.0250. The van der Waals surface area contributed by atoms with Crippen molar-refractivity contribution in [2.24, 2.45) is 5.41 Å². The molecule has 0 spiro atoms. The number of benzene rings is 2. The van der Waals surface area contributed by atoms with Crippen LogP contribution in [-0.2, 0) is 4.79 Å². The maximum atomic E-state index is 11.3. The summed E-state index contributed by atoms with van der Waals surface area (Å²) in [6, 6.07) is 14.7.